The Morgan fingerprint density at radius 1 is 1.33 bits per heavy atom. The average Bonchev–Trinajstić information content (AvgIpc) is 2.44. The van der Waals surface area contributed by atoms with E-state index in [1.807, 2.05) is 45.3 Å². The number of ether oxygens (including phenoxy) is 1. The molecule has 0 fully saturated rings. The molecule has 0 radical (unpaired) electrons. The third kappa shape index (κ3) is 5.02. The highest BCUT2D eigenvalue weighted by atomic mass is 16.5. The molecule has 0 aromatic heterocycles. The smallest absolute Gasteiger partial charge is 0.242 e. The van der Waals surface area contributed by atoms with Gasteiger partial charge >= 0.3 is 0 Å². The fourth-order valence-electron chi connectivity index (χ4n) is 1.97. The largest absolute Gasteiger partial charge is 0.494 e. The van der Waals surface area contributed by atoms with E-state index in [9.17, 15) is 4.79 Å². The minimum absolute atomic E-state index is 0.386. The summed E-state index contributed by atoms with van der Waals surface area (Å²) >= 11 is 0. The SMILES string of the molecule is CCCOc1ccc(C(C)(NCCN(C)C)C(N)=O)cc1. The van der Waals surface area contributed by atoms with Crippen molar-refractivity contribution in [3.05, 3.63) is 29.8 Å². The van der Waals surface area contributed by atoms with Crippen molar-refractivity contribution in [2.75, 3.05) is 33.8 Å². The fourth-order valence-corrected chi connectivity index (χ4v) is 1.97. The Balaban J connectivity index is 2.81. The van der Waals surface area contributed by atoms with Crippen molar-refractivity contribution in [1.82, 2.24) is 10.2 Å². The monoisotopic (exact) mass is 293 g/mol. The molecule has 21 heavy (non-hydrogen) atoms. The van der Waals surface area contributed by atoms with Crippen LogP contribution in [0.5, 0.6) is 5.75 Å². The molecule has 0 saturated heterocycles. The molecular formula is C16H27N3O2. The third-order valence-corrected chi connectivity index (χ3v) is 3.43. The molecule has 1 amide bonds. The number of nitrogens with zero attached hydrogens (tertiary/aromatic N) is 1. The van der Waals surface area contributed by atoms with Crippen molar-refractivity contribution in [2.45, 2.75) is 25.8 Å². The molecule has 5 heteroatoms. The summed E-state index contributed by atoms with van der Waals surface area (Å²) in [6.45, 7) is 6.08. The molecular weight excluding hydrogens is 266 g/mol. The standard InChI is InChI=1S/C16H27N3O2/c1-5-12-21-14-8-6-13(7-9-14)16(2,15(17)20)18-10-11-19(3)4/h6-9,18H,5,10-12H2,1-4H3,(H2,17,20). The Kier molecular flexibility index (Phi) is 6.65. The average molecular weight is 293 g/mol. The van der Waals surface area contributed by atoms with Crippen LogP contribution >= 0.6 is 0 Å². The summed E-state index contributed by atoms with van der Waals surface area (Å²) in [6.07, 6.45) is 0.965. The number of likely N-dealkylation sites (N-methyl/N-ethyl adjacent to an activating group) is 1. The van der Waals surface area contributed by atoms with Crippen LogP contribution in [0.25, 0.3) is 0 Å². The van der Waals surface area contributed by atoms with E-state index in [0.717, 1.165) is 24.3 Å². The van der Waals surface area contributed by atoms with Gasteiger partial charge in [-0.3, -0.25) is 10.1 Å². The summed E-state index contributed by atoms with van der Waals surface area (Å²) in [5, 5.41) is 3.25. The number of amides is 1. The van der Waals surface area contributed by atoms with Gasteiger partial charge in [-0.25, -0.2) is 0 Å². The maximum Gasteiger partial charge on any atom is 0.242 e. The first-order valence-electron chi connectivity index (χ1n) is 7.33. The van der Waals surface area contributed by atoms with E-state index in [1.165, 1.54) is 0 Å². The highest BCUT2D eigenvalue weighted by molar-refractivity contribution is 5.85. The van der Waals surface area contributed by atoms with Gasteiger partial charge in [0, 0.05) is 13.1 Å². The summed E-state index contributed by atoms with van der Waals surface area (Å²) in [5.74, 6) is 0.421. The molecule has 0 aliphatic rings. The van der Waals surface area contributed by atoms with Gasteiger partial charge in [0.05, 0.1) is 6.61 Å². The second kappa shape index (κ2) is 8.00. The van der Waals surface area contributed by atoms with Crippen LogP contribution in [0.1, 0.15) is 25.8 Å². The zero-order chi connectivity index (χ0) is 15.9. The Bertz CT molecular complexity index is 445. The molecule has 0 aliphatic heterocycles. The molecule has 1 aromatic rings. The van der Waals surface area contributed by atoms with Gasteiger partial charge < -0.3 is 15.4 Å². The number of carbonyl (C=O) groups is 1. The molecule has 118 valence electrons. The van der Waals surface area contributed by atoms with E-state index >= 15 is 0 Å². The second-order valence-electron chi connectivity index (χ2n) is 5.59. The van der Waals surface area contributed by atoms with Gasteiger partial charge in [0.25, 0.3) is 0 Å². The van der Waals surface area contributed by atoms with Crippen LogP contribution < -0.4 is 15.8 Å². The highest BCUT2D eigenvalue weighted by Gasteiger charge is 2.32. The van der Waals surface area contributed by atoms with E-state index in [1.54, 1.807) is 0 Å². The van der Waals surface area contributed by atoms with Crippen molar-refractivity contribution in [3.63, 3.8) is 0 Å². The van der Waals surface area contributed by atoms with Gasteiger partial charge in [-0.1, -0.05) is 19.1 Å². The number of hydrogen-bond donors (Lipinski definition) is 2. The maximum absolute atomic E-state index is 11.9. The Hall–Kier alpha value is -1.59. The summed E-state index contributed by atoms with van der Waals surface area (Å²) < 4.78 is 5.55. The number of carbonyl (C=O) groups excluding carboxylic acids is 1. The molecule has 0 bridgehead atoms. The van der Waals surface area contributed by atoms with E-state index < -0.39 is 5.54 Å². The summed E-state index contributed by atoms with van der Waals surface area (Å²) in [5.41, 5.74) is 5.56. The number of nitrogens with two attached hydrogens (primary N) is 1. The van der Waals surface area contributed by atoms with Gasteiger partial charge in [0.15, 0.2) is 0 Å². The van der Waals surface area contributed by atoms with Gasteiger partial charge in [-0.2, -0.15) is 0 Å². The van der Waals surface area contributed by atoms with Crippen LogP contribution in [-0.4, -0.2) is 44.6 Å². The first-order chi connectivity index (χ1) is 9.90. The zero-order valence-electron chi connectivity index (χ0n) is 13.5. The molecule has 0 aliphatic carbocycles. The topological polar surface area (TPSA) is 67.6 Å². The first kappa shape index (κ1) is 17.5. The minimum Gasteiger partial charge on any atom is -0.494 e. The van der Waals surface area contributed by atoms with E-state index in [0.29, 0.717) is 13.2 Å². The van der Waals surface area contributed by atoms with E-state index in [2.05, 4.69) is 17.1 Å². The van der Waals surface area contributed by atoms with Crippen LogP contribution in [0.2, 0.25) is 0 Å². The number of benzene rings is 1. The van der Waals surface area contributed by atoms with Crippen LogP contribution in [0.4, 0.5) is 0 Å². The van der Waals surface area contributed by atoms with Gasteiger partial charge in [0.1, 0.15) is 11.3 Å². The lowest BCUT2D eigenvalue weighted by Gasteiger charge is -2.29. The predicted molar refractivity (Wildman–Crippen MR) is 85.3 cm³/mol. The van der Waals surface area contributed by atoms with Gasteiger partial charge in [-0.15, -0.1) is 0 Å². The zero-order valence-corrected chi connectivity index (χ0v) is 13.5. The Morgan fingerprint density at radius 3 is 2.43 bits per heavy atom. The van der Waals surface area contributed by atoms with Crippen LogP contribution in [-0.2, 0) is 10.3 Å². The quantitative estimate of drug-likeness (QED) is 0.721. The Morgan fingerprint density at radius 2 is 1.95 bits per heavy atom. The van der Waals surface area contributed by atoms with Crippen molar-refractivity contribution in [3.8, 4) is 5.75 Å². The molecule has 0 heterocycles. The van der Waals surface area contributed by atoms with Crippen LogP contribution in [0.3, 0.4) is 0 Å². The van der Waals surface area contributed by atoms with Gasteiger partial charge in [0.2, 0.25) is 5.91 Å². The molecule has 1 aromatic carbocycles. The minimum atomic E-state index is -0.876. The van der Waals surface area contributed by atoms with Crippen LogP contribution in [0.15, 0.2) is 24.3 Å². The lowest BCUT2D eigenvalue weighted by Crippen LogP contribution is -2.51. The number of rotatable bonds is 9. The van der Waals surface area contributed by atoms with Gasteiger partial charge in [-0.05, 0) is 45.1 Å². The van der Waals surface area contributed by atoms with Crippen molar-refractivity contribution >= 4 is 5.91 Å². The Labute approximate surface area is 127 Å². The molecule has 0 spiro atoms. The van der Waals surface area contributed by atoms with E-state index in [-0.39, 0.29) is 5.91 Å². The number of primary amides is 1. The summed E-state index contributed by atoms with van der Waals surface area (Å²) in [7, 11) is 3.98. The third-order valence-electron chi connectivity index (χ3n) is 3.43. The second-order valence-corrected chi connectivity index (χ2v) is 5.59. The lowest BCUT2D eigenvalue weighted by molar-refractivity contribution is -0.124. The van der Waals surface area contributed by atoms with Crippen molar-refractivity contribution < 1.29 is 9.53 Å². The molecule has 1 rings (SSSR count). The predicted octanol–water partition coefficient (Wildman–Crippen LogP) is 1.33. The van der Waals surface area contributed by atoms with Crippen LogP contribution in [0, 0.1) is 0 Å². The summed E-state index contributed by atoms with van der Waals surface area (Å²) in [4.78, 5) is 13.9. The first-order valence-corrected chi connectivity index (χ1v) is 7.33. The number of nitrogens with one attached hydrogen (secondary N) is 1. The highest BCUT2D eigenvalue weighted by Crippen LogP contribution is 2.23. The molecule has 5 nitrogen and oxygen atoms in total. The normalized spacial score (nSPS) is 14.0. The lowest BCUT2D eigenvalue weighted by atomic mass is 9.91. The van der Waals surface area contributed by atoms with Crippen molar-refractivity contribution in [2.24, 2.45) is 5.73 Å². The molecule has 0 saturated carbocycles. The maximum atomic E-state index is 11.9. The molecule has 1 unspecified atom stereocenters. The molecule has 3 N–H and O–H groups in total. The molecule has 1 atom stereocenters. The number of hydrogen-bond acceptors (Lipinski definition) is 4. The van der Waals surface area contributed by atoms with Crippen molar-refractivity contribution in [1.29, 1.82) is 0 Å². The van der Waals surface area contributed by atoms with E-state index in [4.69, 9.17) is 10.5 Å². The fraction of sp³-hybridized carbons (Fsp3) is 0.562. The summed E-state index contributed by atoms with van der Waals surface area (Å²) in [6, 6.07) is 7.52.